The van der Waals surface area contributed by atoms with E-state index in [0.717, 1.165) is 35.5 Å². The van der Waals surface area contributed by atoms with Crippen molar-refractivity contribution in [3.8, 4) is 0 Å². The monoisotopic (exact) mass is 379 g/mol. The molecule has 146 valence electrons. The van der Waals surface area contributed by atoms with Crippen LogP contribution >= 0.6 is 0 Å². The number of fused-ring (bicyclic) bond motifs is 4. The number of hydrogen-bond donors (Lipinski definition) is 4. The van der Waals surface area contributed by atoms with Crippen molar-refractivity contribution in [3.63, 3.8) is 0 Å². The number of pyridine rings is 1. The number of aromatic nitrogens is 1. The lowest BCUT2D eigenvalue weighted by Gasteiger charge is -2.21. The van der Waals surface area contributed by atoms with E-state index in [1.807, 2.05) is 37.3 Å². The van der Waals surface area contributed by atoms with Crippen LogP contribution in [0.2, 0.25) is 0 Å². The fraction of sp³-hybridized carbons (Fsp3) is 0.381. The molecule has 1 aliphatic heterocycles. The number of urea groups is 1. The first-order chi connectivity index (χ1) is 13.7. The van der Waals surface area contributed by atoms with Crippen molar-refractivity contribution in [2.24, 2.45) is 5.92 Å². The number of carbonyl (C=O) groups is 1. The first-order valence-corrected chi connectivity index (χ1v) is 9.69. The van der Waals surface area contributed by atoms with Crippen molar-refractivity contribution in [1.82, 2.24) is 10.3 Å². The third-order valence-electron chi connectivity index (χ3n) is 5.23. The van der Waals surface area contributed by atoms with Crippen LogP contribution in [0.1, 0.15) is 42.1 Å². The van der Waals surface area contributed by atoms with Gasteiger partial charge in [-0.25, -0.2) is 9.78 Å². The molecule has 2 amide bonds. The van der Waals surface area contributed by atoms with Crippen LogP contribution in [0.5, 0.6) is 0 Å². The van der Waals surface area contributed by atoms with E-state index in [0.29, 0.717) is 24.9 Å². The van der Waals surface area contributed by atoms with E-state index in [9.17, 15) is 4.79 Å². The van der Waals surface area contributed by atoms with Crippen molar-refractivity contribution in [3.05, 3.63) is 53.2 Å². The first kappa shape index (κ1) is 18.4. The Morgan fingerprint density at radius 1 is 1.32 bits per heavy atom. The highest BCUT2D eigenvalue weighted by Gasteiger charge is 2.42. The van der Waals surface area contributed by atoms with Crippen LogP contribution in [0.3, 0.4) is 0 Å². The second-order valence-corrected chi connectivity index (χ2v) is 7.23. The fourth-order valence-electron chi connectivity index (χ4n) is 3.72. The van der Waals surface area contributed by atoms with Gasteiger partial charge in [-0.2, -0.15) is 0 Å². The minimum atomic E-state index is -0.337. The summed E-state index contributed by atoms with van der Waals surface area (Å²) in [4.78, 5) is 17.3. The molecule has 1 aromatic heterocycles. The SMILES string of the molecule is CCNc1c(C=N)cc2nc1C1CC1COC[C@H](c1ccccc1)NC(=O)N2. The zero-order valence-corrected chi connectivity index (χ0v) is 15.9. The molecule has 3 atom stereocenters. The Morgan fingerprint density at radius 2 is 2.14 bits per heavy atom. The van der Waals surface area contributed by atoms with Crippen molar-refractivity contribution < 1.29 is 9.53 Å². The third kappa shape index (κ3) is 3.84. The van der Waals surface area contributed by atoms with Gasteiger partial charge in [-0.1, -0.05) is 30.3 Å². The van der Waals surface area contributed by atoms with Crippen molar-refractivity contribution in [2.45, 2.75) is 25.3 Å². The van der Waals surface area contributed by atoms with E-state index in [1.165, 1.54) is 6.21 Å². The van der Waals surface area contributed by atoms with E-state index in [4.69, 9.17) is 15.1 Å². The zero-order chi connectivity index (χ0) is 19.5. The maximum atomic E-state index is 12.6. The second-order valence-electron chi connectivity index (χ2n) is 7.23. The van der Waals surface area contributed by atoms with E-state index >= 15 is 0 Å². The molecule has 2 heterocycles. The van der Waals surface area contributed by atoms with Gasteiger partial charge in [-0.15, -0.1) is 0 Å². The van der Waals surface area contributed by atoms with E-state index in [1.54, 1.807) is 6.07 Å². The number of rotatable bonds is 4. The molecule has 28 heavy (non-hydrogen) atoms. The smallest absolute Gasteiger partial charge is 0.320 e. The minimum absolute atomic E-state index is 0.236. The molecule has 4 N–H and O–H groups in total. The molecule has 2 bridgehead atoms. The molecule has 7 nitrogen and oxygen atoms in total. The van der Waals surface area contributed by atoms with Gasteiger partial charge in [-0.3, -0.25) is 5.32 Å². The summed E-state index contributed by atoms with van der Waals surface area (Å²) < 4.78 is 5.97. The highest BCUT2D eigenvalue weighted by molar-refractivity contribution is 5.93. The molecule has 0 saturated heterocycles. The van der Waals surface area contributed by atoms with E-state index < -0.39 is 0 Å². The molecule has 1 aromatic carbocycles. The summed E-state index contributed by atoms with van der Waals surface area (Å²) in [5.41, 5.74) is 3.52. The molecule has 4 rings (SSSR count). The lowest BCUT2D eigenvalue weighted by Crippen LogP contribution is -2.35. The molecule has 2 aliphatic rings. The van der Waals surface area contributed by atoms with Gasteiger partial charge in [0.1, 0.15) is 5.82 Å². The largest absolute Gasteiger partial charge is 0.383 e. The lowest BCUT2D eigenvalue weighted by atomic mass is 10.1. The Hall–Kier alpha value is -2.93. The second kappa shape index (κ2) is 7.98. The van der Waals surface area contributed by atoms with Crippen LogP contribution in [0.4, 0.5) is 16.3 Å². The van der Waals surface area contributed by atoms with Crippen LogP contribution in [-0.2, 0) is 4.74 Å². The lowest BCUT2D eigenvalue weighted by molar-refractivity contribution is 0.104. The Labute approximate surface area is 164 Å². The molecule has 1 saturated carbocycles. The summed E-state index contributed by atoms with van der Waals surface area (Å²) >= 11 is 0. The summed E-state index contributed by atoms with van der Waals surface area (Å²) in [5, 5.41) is 16.9. The minimum Gasteiger partial charge on any atom is -0.383 e. The Kier molecular flexibility index (Phi) is 5.25. The van der Waals surface area contributed by atoms with Gasteiger partial charge < -0.3 is 20.8 Å². The average Bonchev–Trinajstić information content (AvgIpc) is 3.47. The maximum Gasteiger partial charge on any atom is 0.320 e. The quantitative estimate of drug-likeness (QED) is 0.611. The highest BCUT2D eigenvalue weighted by atomic mass is 16.5. The van der Waals surface area contributed by atoms with Gasteiger partial charge in [0, 0.05) is 24.2 Å². The Bertz CT molecular complexity index is 871. The van der Waals surface area contributed by atoms with Gasteiger partial charge in [0.2, 0.25) is 0 Å². The van der Waals surface area contributed by atoms with E-state index in [2.05, 4.69) is 16.0 Å². The molecular formula is C21H25N5O2. The Morgan fingerprint density at radius 3 is 2.89 bits per heavy atom. The molecule has 7 heteroatoms. The number of carbonyl (C=O) groups excluding carboxylic acids is 1. The van der Waals surface area contributed by atoms with Crippen LogP contribution in [0.15, 0.2) is 36.4 Å². The number of anilines is 2. The Balaban J connectivity index is 1.66. The predicted molar refractivity (Wildman–Crippen MR) is 109 cm³/mol. The number of amides is 2. The zero-order valence-electron chi connectivity index (χ0n) is 15.9. The van der Waals surface area contributed by atoms with Crippen molar-refractivity contribution in [1.29, 1.82) is 5.41 Å². The van der Waals surface area contributed by atoms with Gasteiger partial charge in [0.15, 0.2) is 0 Å². The standard InChI is InChI=1S/C21H25N5O2/c1-2-23-19-14(10-22)9-18-25-20(19)16-8-15(16)11-28-12-17(24-21(27)26-18)13-6-4-3-5-7-13/h3-7,9-10,15-17,22-23H,2,8,11-12H2,1H3,(H2,24,25,26,27)/t15?,16?,17-/m1/s1. The van der Waals surface area contributed by atoms with Gasteiger partial charge in [-0.05, 0) is 30.9 Å². The molecule has 0 radical (unpaired) electrons. The van der Waals surface area contributed by atoms with Crippen molar-refractivity contribution in [2.75, 3.05) is 30.4 Å². The summed E-state index contributed by atoms with van der Waals surface area (Å²) in [7, 11) is 0. The van der Waals surface area contributed by atoms with Crippen LogP contribution < -0.4 is 16.0 Å². The van der Waals surface area contributed by atoms with Gasteiger partial charge in [0.05, 0.1) is 30.6 Å². The summed E-state index contributed by atoms with van der Waals surface area (Å²) in [6.07, 6.45) is 2.31. The number of hydrogen-bond acceptors (Lipinski definition) is 5. The average molecular weight is 379 g/mol. The first-order valence-electron chi connectivity index (χ1n) is 9.69. The van der Waals surface area contributed by atoms with Crippen molar-refractivity contribution >= 4 is 23.8 Å². The van der Waals surface area contributed by atoms with Gasteiger partial charge >= 0.3 is 6.03 Å². The number of ether oxygens (including phenoxy) is 1. The predicted octanol–water partition coefficient (Wildman–Crippen LogP) is 3.51. The number of nitrogens with zero attached hydrogens (tertiary/aromatic N) is 1. The van der Waals surface area contributed by atoms with E-state index in [-0.39, 0.29) is 18.0 Å². The summed E-state index contributed by atoms with van der Waals surface area (Å²) in [6.45, 7) is 3.82. The third-order valence-corrected chi connectivity index (χ3v) is 5.23. The number of benzene rings is 1. The maximum absolute atomic E-state index is 12.6. The summed E-state index contributed by atoms with van der Waals surface area (Å²) in [6, 6.07) is 11.0. The number of nitrogens with one attached hydrogen (secondary N) is 4. The van der Waals surface area contributed by atoms with Gasteiger partial charge in [0.25, 0.3) is 0 Å². The molecule has 0 spiro atoms. The van der Waals surface area contributed by atoms with Crippen LogP contribution in [-0.4, -0.2) is 37.0 Å². The van der Waals surface area contributed by atoms with Crippen LogP contribution in [0, 0.1) is 11.3 Å². The molecule has 1 aliphatic carbocycles. The molecule has 2 unspecified atom stereocenters. The molecular weight excluding hydrogens is 354 g/mol. The molecule has 2 aromatic rings. The normalized spacial score (nSPS) is 23.9. The topological polar surface area (TPSA) is 99.1 Å². The fourth-order valence-corrected chi connectivity index (χ4v) is 3.72. The summed E-state index contributed by atoms with van der Waals surface area (Å²) in [5.74, 6) is 1.16. The molecule has 1 fully saturated rings. The highest BCUT2D eigenvalue weighted by Crippen LogP contribution is 2.50. The van der Waals surface area contributed by atoms with Crippen LogP contribution in [0.25, 0.3) is 0 Å².